The van der Waals surface area contributed by atoms with E-state index in [9.17, 15) is 4.79 Å². The summed E-state index contributed by atoms with van der Waals surface area (Å²) in [5.41, 5.74) is 3.23. The number of nitrogens with one attached hydrogen (secondary N) is 1. The Hall–Kier alpha value is -1.75. The van der Waals surface area contributed by atoms with E-state index in [-0.39, 0.29) is 5.91 Å². The third-order valence-electron chi connectivity index (χ3n) is 3.67. The van der Waals surface area contributed by atoms with E-state index in [1.807, 2.05) is 6.07 Å². The minimum absolute atomic E-state index is 0.131. The molecule has 0 radical (unpaired) electrons. The highest BCUT2D eigenvalue weighted by Crippen LogP contribution is 2.27. The summed E-state index contributed by atoms with van der Waals surface area (Å²) in [5.74, 6) is 1.89. The van der Waals surface area contributed by atoms with Crippen LogP contribution in [0, 0.1) is 12.8 Å². The van der Waals surface area contributed by atoms with Gasteiger partial charge in [0.05, 0.1) is 5.69 Å². The summed E-state index contributed by atoms with van der Waals surface area (Å²) in [6, 6.07) is 10.2. The van der Waals surface area contributed by atoms with Crippen LogP contribution in [0.3, 0.4) is 0 Å². The Bertz CT molecular complexity index is 620. The topological polar surface area (TPSA) is 49.0 Å². The van der Waals surface area contributed by atoms with Gasteiger partial charge in [-0.3, -0.25) is 14.8 Å². The minimum atomic E-state index is 0.131. The van der Waals surface area contributed by atoms with Crippen molar-refractivity contribution in [2.24, 2.45) is 5.92 Å². The fourth-order valence-electron chi connectivity index (χ4n) is 2.46. The number of carbonyl (C=O) groups excluding carboxylic acids is 1. The number of aryl methyl sites for hydroxylation is 1. The Morgan fingerprint density at radius 3 is 2.80 bits per heavy atom. The van der Waals surface area contributed by atoms with Crippen LogP contribution in [0.5, 0.6) is 0 Å². The van der Waals surface area contributed by atoms with E-state index in [1.165, 1.54) is 5.56 Å². The van der Waals surface area contributed by atoms with Gasteiger partial charge in [-0.1, -0.05) is 29.8 Å². The van der Waals surface area contributed by atoms with Gasteiger partial charge in [-0.15, -0.1) is 0 Å². The highest BCUT2D eigenvalue weighted by molar-refractivity contribution is 7.80. The molecule has 1 fully saturated rings. The largest absolute Gasteiger partial charge is 0.295 e. The Morgan fingerprint density at radius 1 is 1.40 bits per heavy atom. The van der Waals surface area contributed by atoms with Gasteiger partial charge in [0.25, 0.3) is 0 Å². The Balaban J connectivity index is 1.83. The SMILES string of the molecule is Cc1ccc(-c2cc(N3CC(CS)CC3=O)n[nH]2)cc1. The summed E-state index contributed by atoms with van der Waals surface area (Å²) in [5, 5.41) is 7.28. The lowest BCUT2D eigenvalue weighted by Crippen LogP contribution is -2.24. The molecule has 2 aromatic rings. The summed E-state index contributed by atoms with van der Waals surface area (Å²) in [6.45, 7) is 2.77. The molecule has 20 heavy (non-hydrogen) atoms. The van der Waals surface area contributed by atoms with E-state index in [2.05, 4.69) is 54.0 Å². The van der Waals surface area contributed by atoms with Crippen LogP contribution < -0.4 is 4.90 Å². The number of rotatable bonds is 3. The Morgan fingerprint density at radius 2 is 2.15 bits per heavy atom. The zero-order valence-corrected chi connectivity index (χ0v) is 12.2. The van der Waals surface area contributed by atoms with E-state index in [0.717, 1.165) is 17.0 Å². The lowest BCUT2D eigenvalue weighted by Gasteiger charge is -2.12. The summed E-state index contributed by atoms with van der Waals surface area (Å²) >= 11 is 4.27. The molecule has 0 saturated carbocycles. The molecule has 1 aromatic carbocycles. The van der Waals surface area contributed by atoms with E-state index in [4.69, 9.17) is 0 Å². The predicted octanol–water partition coefficient (Wildman–Crippen LogP) is 2.67. The van der Waals surface area contributed by atoms with Crippen LogP contribution in [0.25, 0.3) is 11.3 Å². The van der Waals surface area contributed by atoms with Crippen LogP contribution in [0.2, 0.25) is 0 Å². The first kappa shape index (κ1) is 13.2. The van der Waals surface area contributed by atoms with Crippen LogP contribution in [0.4, 0.5) is 5.82 Å². The average Bonchev–Trinajstić information content (AvgIpc) is 3.06. The third kappa shape index (κ3) is 2.45. The molecule has 1 aliphatic heterocycles. The van der Waals surface area contributed by atoms with Gasteiger partial charge in [0, 0.05) is 19.0 Å². The van der Waals surface area contributed by atoms with Crippen molar-refractivity contribution in [3.63, 3.8) is 0 Å². The van der Waals surface area contributed by atoms with Crippen molar-refractivity contribution in [1.82, 2.24) is 10.2 Å². The van der Waals surface area contributed by atoms with Gasteiger partial charge >= 0.3 is 0 Å². The second-order valence-electron chi connectivity index (χ2n) is 5.26. The number of hydrogen-bond donors (Lipinski definition) is 2. The number of anilines is 1. The van der Waals surface area contributed by atoms with Crippen molar-refractivity contribution in [2.45, 2.75) is 13.3 Å². The van der Waals surface area contributed by atoms with Gasteiger partial charge in [-0.05, 0) is 24.2 Å². The third-order valence-corrected chi connectivity index (χ3v) is 4.18. The quantitative estimate of drug-likeness (QED) is 0.853. The number of benzene rings is 1. The highest BCUT2D eigenvalue weighted by atomic mass is 32.1. The van der Waals surface area contributed by atoms with Crippen molar-refractivity contribution < 1.29 is 4.79 Å². The standard InChI is InChI=1S/C15H17N3OS/c1-10-2-4-12(5-3-10)13-7-14(17-16-13)18-8-11(9-20)6-15(18)19/h2-5,7,11,20H,6,8-9H2,1H3,(H,16,17). The number of hydrogen-bond acceptors (Lipinski definition) is 3. The van der Waals surface area contributed by atoms with Gasteiger partial charge in [0.2, 0.25) is 5.91 Å². The lowest BCUT2D eigenvalue weighted by molar-refractivity contribution is -0.117. The number of H-pyrrole nitrogens is 1. The van der Waals surface area contributed by atoms with Crippen LogP contribution >= 0.6 is 12.6 Å². The number of aromatic nitrogens is 2. The summed E-state index contributed by atoms with van der Waals surface area (Å²) in [7, 11) is 0. The van der Waals surface area contributed by atoms with Crippen LogP contribution in [-0.4, -0.2) is 28.4 Å². The van der Waals surface area contributed by atoms with Gasteiger partial charge in [-0.25, -0.2) is 0 Å². The van der Waals surface area contributed by atoms with Crippen LogP contribution in [0.15, 0.2) is 30.3 Å². The van der Waals surface area contributed by atoms with E-state index in [1.54, 1.807) is 4.90 Å². The second-order valence-corrected chi connectivity index (χ2v) is 5.63. The first-order valence-corrected chi connectivity index (χ1v) is 7.34. The van der Waals surface area contributed by atoms with Gasteiger partial charge in [-0.2, -0.15) is 17.7 Å². The van der Waals surface area contributed by atoms with Crippen molar-refractivity contribution in [3.8, 4) is 11.3 Å². The molecule has 4 nitrogen and oxygen atoms in total. The number of nitrogens with zero attached hydrogens (tertiary/aromatic N) is 2. The lowest BCUT2D eigenvalue weighted by atomic mass is 10.1. The molecule has 104 valence electrons. The monoisotopic (exact) mass is 287 g/mol. The molecule has 1 unspecified atom stereocenters. The highest BCUT2D eigenvalue weighted by Gasteiger charge is 2.31. The molecule has 1 amide bonds. The first-order valence-electron chi connectivity index (χ1n) is 6.71. The number of thiol groups is 1. The number of amides is 1. The Labute approximate surface area is 123 Å². The minimum Gasteiger partial charge on any atom is -0.295 e. The van der Waals surface area contributed by atoms with Gasteiger partial charge in [0.1, 0.15) is 0 Å². The average molecular weight is 287 g/mol. The summed E-state index contributed by atoms with van der Waals surface area (Å²) < 4.78 is 0. The van der Waals surface area contributed by atoms with E-state index < -0.39 is 0 Å². The Kier molecular flexibility index (Phi) is 3.53. The van der Waals surface area contributed by atoms with Crippen molar-refractivity contribution in [1.29, 1.82) is 0 Å². The smallest absolute Gasteiger partial charge is 0.228 e. The van der Waals surface area contributed by atoms with Crippen molar-refractivity contribution in [2.75, 3.05) is 17.2 Å². The molecule has 1 saturated heterocycles. The number of carbonyl (C=O) groups is 1. The molecule has 1 N–H and O–H groups in total. The fraction of sp³-hybridized carbons (Fsp3) is 0.333. The second kappa shape index (κ2) is 5.32. The molecular weight excluding hydrogens is 270 g/mol. The van der Waals surface area contributed by atoms with Gasteiger partial charge < -0.3 is 0 Å². The molecule has 1 aliphatic rings. The van der Waals surface area contributed by atoms with Gasteiger partial charge in [0.15, 0.2) is 5.82 Å². The molecular formula is C15H17N3OS. The molecule has 2 heterocycles. The molecule has 5 heteroatoms. The molecule has 1 aromatic heterocycles. The zero-order chi connectivity index (χ0) is 14.1. The molecule has 3 rings (SSSR count). The fourth-order valence-corrected chi connectivity index (χ4v) is 2.70. The predicted molar refractivity (Wildman–Crippen MR) is 83.1 cm³/mol. The zero-order valence-electron chi connectivity index (χ0n) is 11.3. The van der Waals surface area contributed by atoms with Crippen molar-refractivity contribution in [3.05, 3.63) is 35.9 Å². The van der Waals surface area contributed by atoms with Crippen molar-refractivity contribution >= 4 is 24.4 Å². The maximum atomic E-state index is 12.0. The number of aromatic amines is 1. The van der Waals surface area contributed by atoms with Crippen LogP contribution in [0.1, 0.15) is 12.0 Å². The summed E-state index contributed by atoms with van der Waals surface area (Å²) in [6.07, 6.45) is 0.566. The normalized spacial score (nSPS) is 18.8. The summed E-state index contributed by atoms with van der Waals surface area (Å²) in [4.78, 5) is 13.7. The molecule has 0 aliphatic carbocycles. The molecule has 0 spiro atoms. The van der Waals surface area contributed by atoms with E-state index in [0.29, 0.717) is 24.7 Å². The molecule has 0 bridgehead atoms. The van der Waals surface area contributed by atoms with E-state index >= 15 is 0 Å². The maximum Gasteiger partial charge on any atom is 0.228 e. The van der Waals surface area contributed by atoms with Crippen LogP contribution in [-0.2, 0) is 4.79 Å². The maximum absolute atomic E-state index is 12.0. The first-order chi connectivity index (χ1) is 9.67. The molecule has 1 atom stereocenters.